The second-order valence-electron chi connectivity index (χ2n) is 4.60. The lowest BCUT2D eigenvalue weighted by Gasteiger charge is -1.99. The highest BCUT2D eigenvalue weighted by Crippen LogP contribution is 2.30. The molecule has 3 rings (SSSR count). The van der Waals surface area contributed by atoms with Crippen molar-refractivity contribution in [2.75, 3.05) is 0 Å². The summed E-state index contributed by atoms with van der Waals surface area (Å²) in [4.78, 5) is 3.48. The lowest BCUT2D eigenvalue weighted by Crippen LogP contribution is -1.79. The first-order valence-electron chi connectivity index (χ1n) is 6.04. The van der Waals surface area contributed by atoms with Gasteiger partial charge < -0.3 is 4.98 Å². The molecule has 0 atom stereocenters. The van der Waals surface area contributed by atoms with Gasteiger partial charge in [-0.2, -0.15) is 0 Å². The SMILES string of the molecule is C=Cc1ccc2[nH]c3c(C)cc(C=C)cc3c2c1. The summed E-state index contributed by atoms with van der Waals surface area (Å²) in [5, 5.41) is 2.50. The molecule has 0 aliphatic rings. The van der Waals surface area contributed by atoms with Crippen molar-refractivity contribution in [2.45, 2.75) is 6.92 Å². The fourth-order valence-electron chi connectivity index (χ4n) is 2.47. The van der Waals surface area contributed by atoms with Crippen molar-refractivity contribution in [3.63, 3.8) is 0 Å². The van der Waals surface area contributed by atoms with Gasteiger partial charge in [-0.15, -0.1) is 0 Å². The molecule has 0 saturated heterocycles. The average Bonchev–Trinajstić information content (AvgIpc) is 2.77. The van der Waals surface area contributed by atoms with Crippen LogP contribution in [0.25, 0.3) is 34.0 Å². The van der Waals surface area contributed by atoms with E-state index in [0.29, 0.717) is 0 Å². The van der Waals surface area contributed by atoms with Crippen LogP contribution >= 0.6 is 0 Å². The van der Waals surface area contributed by atoms with Gasteiger partial charge in [0.15, 0.2) is 0 Å². The van der Waals surface area contributed by atoms with Crippen LogP contribution in [-0.2, 0) is 0 Å². The number of hydrogen-bond acceptors (Lipinski definition) is 0. The van der Waals surface area contributed by atoms with Crippen LogP contribution in [0, 0.1) is 6.92 Å². The number of benzene rings is 2. The highest BCUT2D eigenvalue weighted by molar-refractivity contribution is 6.09. The zero-order chi connectivity index (χ0) is 12.7. The van der Waals surface area contributed by atoms with Crippen LogP contribution in [0.15, 0.2) is 43.5 Å². The molecular formula is C17H15N. The molecule has 0 bridgehead atoms. The molecule has 0 aliphatic carbocycles. The number of H-pyrrole nitrogens is 1. The molecule has 0 aliphatic heterocycles. The molecule has 1 aromatic heterocycles. The third-order valence-corrected chi connectivity index (χ3v) is 3.42. The third kappa shape index (κ3) is 1.48. The Morgan fingerprint density at radius 2 is 1.67 bits per heavy atom. The lowest BCUT2D eigenvalue weighted by molar-refractivity contribution is 1.45. The van der Waals surface area contributed by atoms with E-state index in [2.05, 4.69) is 55.4 Å². The van der Waals surface area contributed by atoms with E-state index >= 15 is 0 Å². The van der Waals surface area contributed by atoms with E-state index in [-0.39, 0.29) is 0 Å². The molecule has 0 fully saturated rings. The molecule has 3 aromatic rings. The quantitative estimate of drug-likeness (QED) is 0.647. The third-order valence-electron chi connectivity index (χ3n) is 3.42. The second-order valence-corrected chi connectivity index (χ2v) is 4.60. The van der Waals surface area contributed by atoms with E-state index in [0.717, 1.165) is 11.1 Å². The fraction of sp³-hybridized carbons (Fsp3) is 0.0588. The van der Waals surface area contributed by atoms with E-state index < -0.39 is 0 Å². The van der Waals surface area contributed by atoms with Gasteiger partial charge in [-0.3, -0.25) is 0 Å². The van der Waals surface area contributed by atoms with Crippen LogP contribution in [0.2, 0.25) is 0 Å². The van der Waals surface area contributed by atoms with Crippen LogP contribution in [0.3, 0.4) is 0 Å². The van der Waals surface area contributed by atoms with E-state index in [4.69, 9.17) is 0 Å². The monoisotopic (exact) mass is 233 g/mol. The maximum absolute atomic E-state index is 3.85. The summed E-state index contributed by atoms with van der Waals surface area (Å²) in [5.41, 5.74) is 5.92. The number of fused-ring (bicyclic) bond motifs is 3. The Morgan fingerprint density at radius 1 is 0.944 bits per heavy atom. The van der Waals surface area contributed by atoms with Gasteiger partial charge in [0.05, 0.1) is 0 Å². The molecule has 2 aromatic carbocycles. The molecule has 1 heteroatoms. The highest BCUT2D eigenvalue weighted by atomic mass is 14.7. The smallest absolute Gasteiger partial charge is 0.0494 e. The number of aromatic nitrogens is 1. The van der Waals surface area contributed by atoms with E-state index in [1.165, 1.54) is 27.4 Å². The van der Waals surface area contributed by atoms with Crippen LogP contribution in [0.5, 0.6) is 0 Å². The molecule has 1 heterocycles. The van der Waals surface area contributed by atoms with Crippen LogP contribution in [0.1, 0.15) is 16.7 Å². The van der Waals surface area contributed by atoms with E-state index in [9.17, 15) is 0 Å². The minimum Gasteiger partial charge on any atom is -0.354 e. The Labute approximate surface area is 106 Å². The molecule has 0 saturated carbocycles. The Balaban J connectivity index is 2.49. The molecule has 0 unspecified atom stereocenters. The molecule has 0 amide bonds. The van der Waals surface area contributed by atoms with Crippen molar-refractivity contribution in [1.82, 2.24) is 4.98 Å². The first-order chi connectivity index (χ1) is 8.72. The maximum Gasteiger partial charge on any atom is 0.0494 e. The molecular weight excluding hydrogens is 218 g/mol. The van der Waals surface area contributed by atoms with E-state index in [1.807, 2.05) is 12.2 Å². The van der Waals surface area contributed by atoms with Crippen molar-refractivity contribution < 1.29 is 0 Å². The highest BCUT2D eigenvalue weighted by Gasteiger charge is 2.07. The number of aryl methyl sites for hydroxylation is 1. The Morgan fingerprint density at radius 3 is 2.39 bits per heavy atom. The average molecular weight is 233 g/mol. The molecule has 88 valence electrons. The fourth-order valence-corrected chi connectivity index (χ4v) is 2.47. The first-order valence-corrected chi connectivity index (χ1v) is 6.04. The van der Waals surface area contributed by atoms with Crippen molar-refractivity contribution in [3.05, 3.63) is 60.2 Å². The topological polar surface area (TPSA) is 15.8 Å². The summed E-state index contributed by atoms with van der Waals surface area (Å²) in [7, 11) is 0. The van der Waals surface area contributed by atoms with Gasteiger partial charge in [0.25, 0.3) is 0 Å². The van der Waals surface area contributed by atoms with Crippen LogP contribution in [-0.4, -0.2) is 4.98 Å². The molecule has 0 spiro atoms. The zero-order valence-corrected chi connectivity index (χ0v) is 10.5. The predicted octanol–water partition coefficient (Wildman–Crippen LogP) is 4.92. The van der Waals surface area contributed by atoms with Gasteiger partial charge in [-0.1, -0.05) is 31.4 Å². The largest absolute Gasteiger partial charge is 0.354 e. The summed E-state index contributed by atoms with van der Waals surface area (Å²) in [5.74, 6) is 0. The molecule has 18 heavy (non-hydrogen) atoms. The van der Waals surface area contributed by atoms with Crippen molar-refractivity contribution in [2.24, 2.45) is 0 Å². The number of nitrogens with one attached hydrogen (secondary N) is 1. The van der Waals surface area contributed by atoms with Crippen molar-refractivity contribution >= 4 is 34.0 Å². The van der Waals surface area contributed by atoms with E-state index in [1.54, 1.807) is 0 Å². The molecule has 0 radical (unpaired) electrons. The molecule has 1 nitrogen and oxygen atoms in total. The van der Waals surface area contributed by atoms with Gasteiger partial charge >= 0.3 is 0 Å². The number of rotatable bonds is 2. The zero-order valence-electron chi connectivity index (χ0n) is 10.5. The Bertz CT molecular complexity index is 775. The standard InChI is InChI=1S/C17H15N/c1-4-12-6-7-16-14(9-12)15-10-13(5-2)8-11(3)17(15)18-16/h4-10,18H,1-2H2,3H3. The van der Waals surface area contributed by atoms with Gasteiger partial charge in [-0.25, -0.2) is 0 Å². The summed E-state index contributed by atoms with van der Waals surface area (Å²) in [6.45, 7) is 9.80. The van der Waals surface area contributed by atoms with Crippen molar-refractivity contribution in [3.8, 4) is 0 Å². The van der Waals surface area contributed by atoms with Gasteiger partial charge in [-0.05, 0) is 47.9 Å². The van der Waals surface area contributed by atoms with Crippen LogP contribution < -0.4 is 0 Å². The van der Waals surface area contributed by atoms with Crippen molar-refractivity contribution in [1.29, 1.82) is 0 Å². The lowest BCUT2D eigenvalue weighted by atomic mass is 10.0. The molecule has 1 N–H and O–H groups in total. The summed E-state index contributed by atoms with van der Waals surface area (Å²) in [6.07, 6.45) is 3.77. The predicted molar refractivity (Wildman–Crippen MR) is 80.7 cm³/mol. The van der Waals surface area contributed by atoms with Crippen LogP contribution in [0.4, 0.5) is 0 Å². The minimum absolute atomic E-state index is 1.14. The summed E-state index contributed by atoms with van der Waals surface area (Å²) < 4.78 is 0. The Kier molecular flexibility index (Phi) is 2.34. The number of hydrogen-bond donors (Lipinski definition) is 1. The first kappa shape index (κ1) is 10.8. The normalized spacial score (nSPS) is 10.9. The summed E-state index contributed by atoms with van der Waals surface area (Å²) >= 11 is 0. The maximum atomic E-state index is 3.85. The summed E-state index contributed by atoms with van der Waals surface area (Å²) in [6, 6.07) is 10.7. The van der Waals surface area contributed by atoms with Gasteiger partial charge in [0.1, 0.15) is 0 Å². The Hall–Kier alpha value is -2.28. The second kappa shape index (κ2) is 3.88. The van der Waals surface area contributed by atoms with Gasteiger partial charge in [0, 0.05) is 21.8 Å². The minimum atomic E-state index is 1.14. The number of aromatic amines is 1. The van der Waals surface area contributed by atoms with Gasteiger partial charge in [0.2, 0.25) is 0 Å².